The minimum atomic E-state index is -0.285. The van der Waals surface area contributed by atoms with Crippen molar-refractivity contribution in [3.8, 4) is 5.75 Å². The molecule has 25 heavy (non-hydrogen) atoms. The highest BCUT2D eigenvalue weighted by Gasteiger charge is 2.10. The van der Waals surface area contributed by atoms with Gasteiger partial charge in [0.15, 0.2) is 0 Å². The Kier molecular flexibility index (Phi) is 4.95. The molecule has 1 heterocycles. The van der Waals surface area contributed by atoms with Crippen molar-refractivity contribution >= 4 is 23.0 Å². The number of para-hydroxylation sites is 3. The lowest BCUT2D eigenvalue weighted by atomic mass is 10.2. The molecule has 0 saturated carbocycles. The molecule has 3 rings (SSSR count). The number of nitrogens with one attached hydrogen (secondary N) is 2. The fourth-order valence-corrected chi connectivity index (χ4v) is 2.41. The van der Waals surface area contributed by atoms with Crippen LogP contribution in [0.25, 0.3) is 0 Å². The fourth-order valence-electron chi connectivity index (χ4n) is 2.41. The van der Waals surface area contributed by atoms with Crippen LogP contribution in [0.15, 0.2) is 66.9 Å². The van der Waals surface area contributed by atoms with Gasteiger partial charge in [-0.2, -0.15) is 0 Å². The van der Waals surface area contributed by atoms with Gasteiger partial charge in [0, 0.05) is 5.69 Å². The highest BCUT2D eigenvalue weighted by molar-refractivity contribution is 6.03. The number of aromatic nitrogens is 1. The van der Waals surface area contributed by atoms with Gasteiger partial charge in [-0.1, -0.05) is 30.3 Å². The second-order valence-corrected chi connectivity index (χ2v) is 5.53. The van der Waals surface area contributed by atoms with Crippen LogP contribution in [0, 0.1) is 6.92 Å². The van der Waals surface area contributed by atoms with E-state index < -0.39 is 0 Å². The predicted octanol–water partition coefficient (Wildman–Crippen LogP) is 4.39. The highest BCUT2D eigenvalue weighted by atomic mass is 16.5. The monoisotopic (exact) mass is 333 g/mol. The SMILES string of the molecule is COc1ccccc1NC(=O)c1ccc(Nc2ccccc2C)cn1. The number of nitrogens with zero attached hydrogens (tertiary/aromatic N) is 1. The van der Waals surface area contributed by atoms with Crippen LogP contribution >= 0.6 is 0 Å². The number of hydrogen-bond acceptors (Lipinski definition) is 4. The molecule has 0 aliphatic heterocycles. The van der Waals surface area contributed by atoms with Crippen LogP contribution in [0.2, 0.25) is 0 Å². The Morgan fingerprint density at radius 3 is 2.36 bits per heavy atom. The van der Waals surface area contributed by atoms with E-state index in [2.05, 4.69) is 15.6 Å². The largest absolute Gasteiger partial charge is 0.495 e. The van der Waals surface area contributed by atoms with Crippen LogP contribution in [-0.4, -0.2) is 18.0 Å². The van der Waals surface area contributed by atoms with Crippen molar-refractivity contribution in [2.45, 2.75) is 6.92 Å². The van der Waals surface area contributed by atoms with Gasteiger partial charge in [-0.15, -0.1) is 0 Å². The molecule has 2 aromatic carbocycles. The average molecular weight is 333 g/mol. The number of aryl methyl sites for hydroxylation is 1. The summed E-state index contributed by atoms with van der Waals surface area (Å²) in [6.07, 6.45) is 1.64. The first kappa shape index (κ1) is 16.5. The smallest absolute Gasteiger partial charge is 0.274 e. The lowest BCUT2D eigenvalue weighted by Gasteiger charge is -2.11. The number of carbonyl (C=O) groups is 1. The lowest BCUT2D eigenvalue weighted by molar-refractivity contribution is 0.102. The van der Waals surface area contributed by atoms with Crippen LogP contribution in [0.3, 0.4) is 0 Å². The van der Waals surface area contributed by atoms with Crippen LogP contribution in [0.4, 0.5) is 17.1 Å². The summed E-state index contributed by atoms with van der Waals surface area (Å²) in [7, 11) is 1.56. The second kappa shape index (κ2) is 7.49. The fraction of sp³-hybridized carbons (Fsp3) is 0.100. The Balaban J connectivity index is 1.71. The Morgan fingerprint density at radius 1 is 0.960 bits per heavy atom. The van der Waals surface area contributed by atoms with E-state index in [4.69, 9.17) is 4.74 Å². The van der Waals surface area contributed by atoms with Crippen LogP contribution in [0.5, 0.6) is 5.75 Å². The molecule has 2 N–H and O–H groups in total. The normalized spacial score (nSPS) is 10.2. The van der Waals surface area contributed by atoms with Crippen molar-refractivity contribution in [1.82, 2.24) is 4.98 Å². The van der Waals surface area contributed by atoms with Gasteiger partial charge in [0.2, 0.25) is 0 Å². The van der Waals surface area contributed by atoms with Gasteiger partial charge in [0.25, 0.3) is 5.91 Å². The summed E-state index contributed by atoms with van der Waals surface area (Å²) in [6, 6.07) is 18.8. The highest BCUT2D eigenvalue weighted by Crippen LogP contribution is 2.24. The predicted molar refractivity (Wildman–Crippen MR) is 99.6 cm³/mol. The number of carbonyl (C=O) groups excluding carboxylic acids is 1. The van der Waals surface area contributed by atoms with Crippen LogP contribution in [0.1, 0.15) is 16.1 Å². The zero-order valence-electron chi connectivity index (χ0n) is 14.1. The molecule has 0 spiro atoms. The molecule has 0 aliphatic carbocycles. The molecule has 0 radical (unpaired) electrons. The molecule has 126 valence electrons. The minimum Gasteiger partial charge on any atom is -0.495 e. The van der Waals surface area contributed by atoms with E-state index in [-0.39, 0.29) is 5.91 Å². The summed E-state index contributed by atoms with van der Waals surface area (Å²) in [5.41, 5.74) is 3.92. The third-order valence-corrected chi connectivity index (χ3v) is 3.78. The van der Waals surface area contributed by atoms with E-state index in [1.54, 1.807) is 31.5 Å². The number of rotatable bonds is 5. The molecule has 0 aliphatic rings. The Morgan fingerprint density at radius 2 is 1.68 bits per heavy atom. The number of benzene rings is 2. The molecular weight excluding hydrogens is 314 g/mol. The molecule has 0 bridgehead atoms. The van der Waals surface area contributed by atoms with Gasteiger partial charge in [-0.3, -0.25) is 4.79 Å². The van der Waals surface area contributed by atoms with Crippen molar-refractivity contribution in [3.05, 3.63) is 78.1 Å². The molecule has 5 heteroatoms. The molecule has 1 aromatic heterocycles. The molecule has 0 saturated heterocycles. The van der Waals surface area contributed by atoms with E-state index in [0.717, 1.165) is 16.9 Å². The first-order valence-corrected chi connectivity index (χ1v) is 7.90. The van der Waals surface area contributed by atoms with Gasteiger partial charge >= 0.3 is 0 Å². The van der Waals surface area contributed by atoms with E-state index in [0.29, 0.717) is 17.1 Å². The van der Waals surface area contributed by atoms with Gasteiger partial charge in [0.1, 0.15) is 11.4 Å². The number of methoxy groups -OCH3 is 1. The Hall–Kier alpha value is -3.34. The number of pyridine rings is 1. The van der Waals surface area contributed by atoms with Gasteiger partial charge in [-0.25, -0.2) is 4.98 Å². The van der Waals surface area contributed by atoms with Crippen molar-refractivity contribution in [2.24, 2.45) is 0 Å². The number of amides is 1. The van der Waals surface area contributed by atoms with Crippen molar-refractivity contribution in [2.75, 3.05) is 17.7 Å². The lowest BCUT2D eigenvalue weighted by Crippen LogP contribution is -2.14. The van der Waals surface area contributed by atoms with E-state index in [1.807, 2.05) is 49.4 Å². The summed E-state index contributed by atoms with van der Waals surface area (Å²) in [5, 5.41) is 6.10. The summed E-state index contributed by atoms with van der Waals surface area (Å²) in [5.74, 6) is 0.320. The standard InChI is InChI=1S/C20H19N3O2/c1-14-7-3-4-8-16(14)22-15-11-12-18(21-13-15)20(24)23-17-9-5-6-10-19(17)25-2/h3-13,22H,1-2H3,(H,23,24). The molecule has 1 amide bonds. The molecule has 0 atom stereocenters. The zero-order valence-corrected chi connectivity index (χ0v) is 14.1. The Bertz CT molecular complexity index is 876. The molecule has 3 aromatic rings. The second-order valence-electron chi connectivity index (χ2n) is 5.53. The third-order valence-electron chi connectivity index (χ3n) is 3.78. The van der Waals surface area contributed by atoms with Crippen molar-refractivity contribution in [1.29, 1.82) is 0 Å². The minimum absolute atomic E-state index is 0.285. The number of ether oxygens (including phenoxy) is 1. The topological polar surface area (TPSA) is 63.2 Å². The van der Waals surface area contributed by atoms with Crippen LogP contribution in [-0.2, 0) is 0 Å². The first-order valence-electron chi connectivity index (χ1n) is 7.90. The Labute approximate surface area is 146 Å². The van der Waals surface area contributed by atoms with Crippen LogP contribution < -0.4 is 15.4 Å². The van der Waals surface area contributed by atoms with Crippen molar-refractivity contribution < 1.29 is 9.53 Å². The van der Waals surface area contributed by atoms with E-state index in [9.17, 15) is 4.79 Å². The third kappa shape index (κ3) is 3.95. The molecule has 0 fully saturated rings. The summed E-state index contributed by atoms with van der Waals surface area (Å²) in [6.45, 7) is 2.03. The van der Waals surface area contributed by atoms with Crippen molar-refractivity contribution in [3.63, 3.8) is 0 Å². The van der Waals surface area contributed by atoms with Gasteiger partial charge in [0.05, 0.1) is 24.7 Å². The molecular formula is C20H19N3O2. The number of hydrogen-bond donors (Lipinski definition) is 2. The van der Waals surface area contributed by atoms with Gasteiger partial charge in [-0.05, 0) is 42.8 Å². The average Bonchev–Trinajstić information content (AvgIpc) is 2.64. The number of anilines is 3. The summed E-state index contributed by atoms with van der Waals surface area (Å²) < 4.78 is 5.23. The maximum absolute atomic E-state index is 12.4. The quantitative estimate of drug-likeness (QED) is 0.727. The maximum Gasteiger partial charge on any atom is 0.274 e. The maximum atomic E-state index is 12.4. The molecule has 0 unspecified atom stereocenters. The summed E-state index contributed by atoms with van der Waals surface area (Å²) >= 11 is 0. The van der Waals surface area contributed by atoms with Gasteiger partial charge < -0.3 is 15.4 Å². The zero-order chi connectivity index (χ0) is 17.6. The first-order chi connectivity index (χ1) is 12.2. The molecule has 5 nitrogen and oxygen atoms in total. The van der Waals surface area contributed by atoms with E-state index >= 15 is 0 Å². The summed E-state index contributed by atoms with van der Waals surface area (Å²) in [4.78, 5) is 16.6. The van der Waals surface area contributed by atoms with E-state index in [1.165, 1.54) is 0 Å².